The van der Waals surface area contributed by atoms with Crippen molar-refractivity contribution in [2.24, 2.45) is 0 Å². The molecule has 0 saturated carbocycles. The van der Waals surface area contributed by atoms with E-state index in [1.165, 1.54) is 16.2 Å². The van der Waals surface area contributed by atoms with E-state index >= 15 is 0 Å². The third-order valence-corrected chi connectivity index (χ3v) is 3.96. The van der Waals surface area contributed by atoms with Crippen molar-refractivity contribution >= 4 is 34.9 Å². The molecule has 0 unspecified atom stereocenters. The fourth-order valence-electron chi connectivity index (χ4n) is 1.75. The van der Waals surface area contributed by atoms with E-state index in [0.717, 1.165) is 10.7 Å². The maximum atomic E-state index is 11.9. The van der Waals surface area contributed by atoms with E-state index < -0.39 is 5.54 Å². The molecule has 2 rings (SSSR count). The topological polar surface area (TPSA) is 62.3 Å². The van der Waals surface area contributed by atoms with Gasteiger partial charge in [-0.05, 0) is 13.8 Å². The van der Waals surface area contributed by atoms with Crippen LogP contribution in [-0.4, -0.2) is 33.9 Å². The first-order valence-electron chi connectivity index (χ1n) is 5.57. The molecule has 0 spiro atoms. The van der Waals surface area contributed by atoms with Gasteiger partial charge in [0, 0.05) is 18.3 Å². The summed E-state index contributed by atoms with van der Waals surface area (Å²) in [5.41, 5.74) is 0.0237. The average Bonchev–Trinajstić information content (AvgIpc) is 2.82. The number of hydrogen-bond acceptors (Lipinski definition) is 4. The Morgan fingerprint density at radius 3 is 2.72 bits per heavy atom. The Labute approximate surface area is 114 Å². The van der Waals surface area contributed by atoms with Crippen molar-refractivity contribution in [3.63, 3.8) is 0 Å². The van der Waals surface area contributed by atoms with Crippen LogP contribution in [0, 0.1) is 0 Å². The minimum absolute atomic E-state index is 0.193. The molecule has 7 heteroatoms. The number of nitrogens with one attached hydrogen (secondary N) is 1. The van der Waals surface area contributed by atoms with Gasteiger partial charge in [0.2, 0.25) is 0 Å². The molecule has 98 valence electrons. The fourth-order valence-corrected chi connectivity index (χ4v) is 2.77. The van der Waals surface area contributed by atoms with Crippen LogP contribution in [0.5, 0.6) is 0 Å². The Morgan fingerprint density at radius 2 is 2.22 bits per heavy atom. The third kappa shape index (κ3) is 2.49. The summed E-state index contributed by atoms with van der Waals surface area (Å²) in [6, 6.07) is -0.334. The molecule has 1 fully saturated rings. The second kappa shape index (κ2) is 4.85. The van der Waals surface area contributed by atoms with Crippen molar-refractivity contribution in [3.05, 3.63) is 16.1 Å². The van der Waals surface area contributed by atoms with Gasteiger partial charge < -0.3 is 5.32 Å². The molecular weight excluding hydrogens is 274 g/mol. The van der Waals surface area contributed by atoms with Gasteiger partial charge >= 0.3 is 6.03 Å². The molecule has 5 nitrogen and oxygen atoms in total. The predicted octanol–water partition coefficient (Wildman–Crippen LogP) is 1.75. The molecule has 0 aromatic carbocycles. The van der Waals surface area contributed by atoms with E-state index in [9.17, 15) is 9.59 Å². The lowest BCUT2D eigenvalue weighted by Gasteiger charge is -2.15. The standard InChI is InChI=1S/C11H14ClN3O2S/c1-11(2)9(16)15(10(17)14-11)4-3-8-13-7(5-12)6-18-8/h6H,3-5H2,1-2H3,(H,14,17). The van der Waals surface area contributed by atoms with Crippen molar-refractivity contribution in [3.8, 4) is 0 Å². The minimum Gasteiger partial charge on any atom is -0.324 e. The number of urea groups is 1. The van der Waals surface area contributed by atoms with Gasteiger partial charge in [-0.1, -0.05) is 0 Å². The van der Waals surface area contributed by atoms with Gasteiger partial charge in [0.15, 0.2) is 0 Å². The molecule has 1 aliphatic heterocycles. The molecule has 18 heavy (non-hydrogen) atoms. The van der Waals surface area contributed by atoms with Crippen molar-refractivity contribution < 1.29 is 9.59 Å². The summed E-state index contributed by atoms with van der Waals surface area (Å²) in [5.74, 6) is 0.189. The van der Waals surface area contributed by atoms with Crippen LogP contribution >= 0.6 is 22.9 Å². The second-order valence-corrected chi connectivity index (χ2v) is 5.84. The Balaban J connectivity index is 1.98. The molecule has 2 heterocycles. The lowest BCUT2D eigenvalue weighted by atomic mass is 10.1. The second-order valence-electron chi connectivity index (χ2n) is 4.63. The van der Waals surface area contributed by atoms with Crippen molar-refractivity contribution in [1.29, 1.82) is 0 Å². The number of nitrogens with zero attached hydrogens (tertiary/aromatic N) is 2. The molecule has 0 radical (unpaired) electrons. The van der Waals surface area contributed by atoms with Crippen LogP contribution < -0.4 is 5.32 Å². The zero-order valence-corrected chi connectivity index (χ0v) is 11.8. The van der Waals surface area contributed by atoms with Crippen LogP contribution in [-0.2, 0) is 17.1 Å². The molecule has 0 bridgehead atoms. The Bertz CT molecular complexity index is 486. The lowest BCUT2D eigenvalue weighted by Crippen LogP contribution is -2.40. The molecule has 3 amide bonds. The highest BCUT2D eigenvalue weighted by molar-refractivity contribution is 7.09. The normalized spacial score (nSPS) is 18.3. The van der Waals surface area contributed by atoms with Crippen LogP contribution in [0.1, 0.15) is 24.5 Å². The molecular formula is C11H14ClN3O2S. The van der Waals surface area contributed by atoms with E-state index in [0.29, 0.717) is 18.8 Å². The highest BCUT2D eigenvalue weighted by Gasteiger charge is 2.43. The Hall–Kier alpha value is -1.14. The quantitative estimate of drug-likeness (QED) is 0.678. The van der Waals surface area contributed by atoms with Crippen LogP contribution in [0.3, 0.4) is 0 Å². The van der Waals surface area contributed by atoms with Crippen LogP contribution in [0.2, 0.25) is 0 Å². The summed E-state index contributed by atoms with van der Waals surface area (Å²) in [7, 11) is 0. The van der Waals surface area contributed by atoms with Gasteiger partial charge in [-0.15, -0.1) is 22.9 Å². The Morgan fingerprint density at radius 1 is 1.50 bits per heavy atom. The summed E-state index contributed by atoms with van der Waals surface area (Å²) in [5, 5.41) is 5.42. The zero-order chi connectivity index (χ0) is 13.3. The lowest BCUT2D eigenvalue weighted by molar-refractivity contribution is -0.130. The van der Waals surface area contributed by atoms with Gasteiger partial charge in [0.1, 0.15) is 5.54 Å². The maximum absolute atomic E-state index is 11.9. The maximum Gasteiger partial charge on any atom is 0.325 e. The summed E-state index contributed by atoms with van der Waals surface area (Å²) in [6.07, 6.45) is 0.566. The number of carbonyl (C=O) groups is 2. The first-order valence-corrected chi connectivity index (χ1v) is 6.99. The number of hydrogen-bond donors (Lipinski definition) is 1. The zero-order valence-electron chi connectivity index (χ0n) is 10.2. The minimum atomic E-state index is -0.804. The molecule has 1 aromatic rings. The van der Waals surface area contributed by atoms with Gasteiger partial charge in [-0.2, -0.15) is 0 Å². The molecule has 0 atom stereocenters. The molecule has 1 saturated heterocycles. The number of rotatable bonds is 4. The number of amides is 3. The van der Waals surface area contributed by atoms with E-state index in [2.05, 4.69) is 10.3 Å². The number of imide groups is 1. The van der Waals surface area contributed by atoms with Crippen molar-refractivity contribution in [2.75, 3.05) is 6.54 Å². The van der Waals surface area contributed by atoms with Gasteiger partial charge in [-0.25, -0.2) is 9.78 Å². The van der Waals surface area contributed by atoms with E-state index in [4.69, 9.17) is 11.6 Å². The van der Waals surface area contributed by atoms with E-state index in [1.54, 1.807) is 13.8 Å². The van der Waals surface area contributed by atoms with Gasteiger partial charge in [0.25, 0.3) is 5.91 Å². The van der Waals surface area contributed by atoms with Crippen molar-refractivity contribution in [1.82, 2.24) is 15.2 Å². The third-order valence-electron chi connectivity index (χ3n) is 2.73. The van der Waals surface area contributed by atoms with Crippen LogP contribution in [0.4, 0.5) is 4.79 Å². The summed E-state index contributed by atoms with van der Waals surface area (Å²) in [6.45, 7) is 3.74. The highest BCUT2D eigenvalue weighted by atomic mass is 35.5. The number of thiazole rings is 1. The summed E-state index contributed by atoms with van der Waals surface area (Å²) in [4.78, 5) is 29.1. The monoisotopic (exact) mass is 287 g/mol. The molecule has 0 aliphatic carbocycles. The summed E-state index contributed by atoms with van der Waals surface area (Å²) >= 11 is 7.16. The first-order chi connectivity index (χ1) is 8.44. The van der Waals surface area contributed by atoms with Crippen LogP contribution in [0.25, 0.3) is 0 Å². The number of carbonyl (C=O) groups excluding carboxylic acids is 2. The van der Waals surface area contributed by atoms with Crippen LogP contribution in [0.15, 0.2) is 5.38 Å². The molecule has 1 N–H and O–H groups in total. The predicted molar refractivity (Wildman–Crippen MR) is 69.7 cm³/mol. The summed E-state index contributed by atoms with van der Waals surface area (Å²) < 4.78 is 0. The largest absolute Gasteiger partial charge is 0.325 e. The van der Waals surface area contributed by atoms with Crippen molar-refractivity contribution in [2.45, 2.75) is 31.7 Å². The molecule has 1 aliphatic rings. The molecule has 1 aromatic heterocycles. The Kier molecular flexibility index (Phi) is 3.59. The SMILES string of the molecule is CC1(C)NC(=O)N(CCc2nc(CCl)cs2)C1=O. The van der Waals surface area contributed by atoms with Gasteiger partial charge in [0.05, 0.1) is 16.6 Å². The number of halogens is 1. The highest BCUT2D eigenvalue weighted by Crippen LogP contribution is 2.18. The first kappa shape index (κ1) is 13.3. The van der Waals surface area contributed by atoms with Gasteiger partial charge in [-0.3, -0.25) is 9.69 Å². The number of aromatic nitrogens is 1. The van der Waals surface area contributed by atoms with E-state index in [1.807, 2.05) is 5.38 Å². The fraction of sp³-hybridized carbons (Fsp3) is 0.545. The van der Waals surface area contributed by atoms with E-state index in [-0.39, 0.29) is 11.9 Å². The smallest absolute Gasteiger partial charge is 0.324 e. The average molecular weight is 288 g/mol. The number of alkyl halides is 1.